The van der Waals surface area contributed by atoms with E-state index in [2.05, 4.69) is 13.0 Å². The molecule has 1 rings (SSSR count). The molecule has 0 spiro atoms. The lowest BCUT2D eigenvalue weighted by Crippen LogP contribution is -2.23. The maximum atomic E-state index is 9.45. The fraction of sp³-hybridized carbons (Fsp3) is 0.600. The first kappa shape index (κ1) is 10.7. The molecule has 0 saturated carbocycles. The summed E-state index contributed by atoms with van der Waals surface area (Å²) < 4.78 is 0. The van der Waals surface area contributed by atoms with Gasteiger partial charge in [-0.25, -0.2) is 0 Å². The summed E-state index contributed by atoms with van der Waals surface area (Å²) in [6.07, 6.45) is -0.627. The zero-order valence-corrected chi connectivity index (χ0v) is 8.79. The zero-order chi connectivity index (χ0) is 9.84. The van der Waals surface area contributed by atoms with Crippen LogP contribution in [0.15, 0.2) is 17.5 Å². The molecule has 0 fully saturated rings. The zero-order valence-electron chi connectivity index (χ0n) is 7.97. The fourth-order valence-electron chi connectivity index (χ4n) is 1.25. The van der Waals surface area contributed by atoms with Gasteiger partial charge in [-0.1, -0.05) is 13.0 Å². The van der Waals surface area contributed by atoms with Crippen LogP contribution in [0.4, 0.5) is 0 Å². The van der Waals surface area contributed by atoms with Crippen LogP contribution in [0.1, 0.15) is 31.1 Å². The van der Waals surface area contributed by atoms with Gasteiger partial charge in [0.25, 0.3) is 0 Å². The highest BCUT2D eigenvalue weighted by atomic mass is 32.1. The van der Waals surface area contributed by atoms with Gasteiger partial charge in [0.15, 0.2) is 0 Å². The van der Waals surface area contributed by atoms with Crippen molar-refractivity contribution in [2.24, 2.45) is 0 Å². The summed E-state index contributed by atoms with van der Waals surface area (Å²) in [5.74, 6) is 0.324. The average Bonchev–Trinajstić information content (AvgIpc) is 2.55. The van der Waals surface area contributed by atoms with Crippen LogP contribution in [-0.2, 0) is 0 Å². The molecule has 2 N–H and O–H groups in total. The van der Waals surface area contributed by atoms with Crippen molar-refractivity contribution in [3.8, 4) is 0 Å². The van der Waals surface area contributed by atoms with E-state index in [1.54, 1.807) is 18.3 Å². The van der Waals surface area contributed by atoms with Crippen LogP contribution in [0.3, 0.4) is 0 Å². The standard InChI is InChI=1S/C10H16O2S/c1-7(6-9(12)8(2)11)10-4-3-5-13-10/h3-5,7-9,11-12H,6H2,1-2H3. The molecule has 3 unspecified atom stereocenters. The maximum absolute atomic E-state index is 9.45. The van der Waals surface area contributed by atoms with E-state index in [-0.39, 0.29) is 0 Å². The van der Waals surface area contributed by atoms with Crippen molar-refractivity contribution in [1.29, 1.82) is 0 Å². The van der Waals surface area contributed by atoms with Crippen LogP contribution in [0.2, 0.25) is 0 Å². The van der Waals surface area contributed by atoms with Gasteiger partial charge in [0, 0.05) is 4.88 Å². The molecule has 0 saturated heterocycles. The van der Waals surface area contributed by atoms with Gasteiger partial charge in [-0.2, -0.15) is 0 Å². The molecule has 1 aromatic rings. The lowest BCUT2D eigenvalue weighted by molar-refractivity contribution is 0.0229. The largest absolute Gasteiger partial charge is 0.391 e. The minimum atomic E-state index is -0.637. The first-order valence-corrected chi connectivity index (χ1v) is 5.38. The predicted molar refractivity (Wildman–Crippen MR) is 55.0 cm³/mol. The average molecular weight is 200 g/mol. The molecule has 1 aromatic heterocycles. The number of thiophene rings is 1. The Bertz CT molecular complexity index is 231. The highest BCUT2D eigenvalue weighted by Gasteiger charge is 2.16. The molecule has 3 heteroatoms. The van der Waals surface area contributed by atoms with Gasteiger partial charge in [-0.05, 0) is 30.7 Å². The van der Waals surface area contributed by atoms with Gasteiger partial charge in [0.2, 0.25) is 0 Å². The molecule has 0 aliphatic heterocycles. The third-order valence-electron chi connectivity index (χ3n) is 2.18. The molecular weight excluding hydrogens is 184 g/mol. The Labute approximate surface area is 82.8 Å². The predicted octanol–water partition coefficient (Wildman–Crippen LogP) is 1.98. The number of hydrogen-bond donors (Lipinski definition) is 2. The van der Waals surface area contributed by atoms with E-state index in [9.17, 15) is 5.11 Å². The van der Waals surface area contributed by atoms with Crippen LogP contribution in [-0.4, -0.2) is 22.4 Å². The number of hydrogen-bond acceptors (Lipinski definition) is 3. The lowest BCUT2D eigenvalue weighted by Gasteiger charge is -2.17. The van der Waals surface area contributed by atoms with E-state index in [1.807, 2.05) is 11.4 Å². The van der Waals surface area contributed by atoms with E-state index < -0.39 is 12.2 Å². The molecule has 0 bridgehead atoms. The third-order valence-corrected chi connectivity index (χ3v) is 3.28. The molecule has 0 aromatic carbocycles. The Kier molecular flexibility index (Phi) is 3.90. The molecular formula is C10H16O2S. The van der Waals surface area contributed by atoms with E-state index in [1.165, 1.54) is 4.88 Å². The van der Waals surface area contributed by atoms with Crippen LogP contribution in [0, 0.1) is 0 Å². The van der Waals surface area contributed by atoms with Crippen molar-refractivity contribution in [3.05, 3.63) is 22.4 Å². The van der Waals surface area contributed by atoms with Crippen LogP contribution < -0.4 is 0 Å². The summed E-state index contributed by atoms with van der Waals surface area (Å²) in [7, 11) is 0. The van der Waals surface area contributed by atoms with E-state index >= 15 is 0 Å². The summed E-state index contributed by atoms with van der Waals surface area (Å²) >= 11 is 1.69. The monoisotopic (exact) mass is 200 g/mol. The van der Waals surface area contributed by atoms with Crippen molar-refractivity contribution >= 4 is 11.3 Å². The lowest BCUT2D eigenvalue weighted by atomic mass is 9.99. The van der Waals surface area contributed by atoms with Crippen molar-refractivity contribution < 1.29 is 10.2 Å². The van der Waals surface area contributed by atoms with E-state index in [0.29, 0.717) is 12.3 Å². The Balaban J connectivity index is 2.46. The second-order valence-corrected chi connectivity index (χ2v) is 4.44. The highest BCUT2D eigenvalue weighted by molar-refractivity contribution is 7.10. The molecule has 0 aliphatic carbocycles. The SMILES string of the molecule is CC(CC(O)C(C)O)c1cccs1. The second-order valence-electron chi connectivity index (χ2n) is 3.46. The van der Waals surface area contributed by atoms with E-state index in [0.717, 1.165) is 0 Å². The van der Waals surface area contributed by atoms with Crippen LogP contribution >= 0.6 is 11.3 Å². The van der Waals surface area contributed by atoms with Crippen LogP contribution in [0.5, 0.6) is 0 Å². The Hall–Kier alpha value is -0.380. The van der Waals surface area contributed by atoms with Crippen molar-refractivity contribution in [2.75, 3.05) is 0 Å². The molecule has 1 heterocycles. The topological polar surface area (TPSA) is 40.5 Å². The minimum absolute atomic E-state index is 0.324. The number of rotatable bonds is 4. The number of aliphatic hydroxyl groups excluding tert-OH is 2. The van der Waals surface area contributed by atoms with Gasteiger partial charge < -0.3 is 10.2 Å². The first-order valence-electron chi connectivity index (χ1n) is 4.50. The summed E-state index contributed by atoms with van der Waals surface area (Å²) in [5.41, 5.74) is 0. The Morgan fingerprint density at radius 3 is 2.54 bits per heavy atom. The summed E-state index contributed by atoms with van der Waals surface area (Å²) in [6.45, 7) is 3.68. The van der Waals surface area contributed by atoms with Crippen LogP contribution in [0.25, 0.3) is 0 Å². The highest BCUT2D eigenvalue weighted by Crippen LogP contribution is 2.25. The summed E-state index contributed by atoms with van der Waals surface area (Å²) in [5, 5.41) is 20.6. The first-order chi connectivity index (χ1) is 6.11. The third kappa shape index (κ3) is 3.10. The van der Waals surface area contributed by atoms with Gasteiger partial charge >= 0.3 is 0 Å². The molecule has 0 amide bonds. The van der Waals surface area contributed by atoms with Crippen molar-refractivity contribution in [2.45, 2.75) is 38.4 Å². The number of aliphatic hydroxyl groups is 2. The van der Waals surface area contributed by atoms with E-state index in [4.69, 9.17) is 5.11 Å². The molecule has 3 atom stereocenters. The molecule has 0 aliphatic rings. The Morgan fingerprint density at radius 1 is 1.38 bits per heavy atom. The Morgan fingerprint density at radius 2 is 2.08 bits per heavy atom. The molecule has 13 heavy (non-hydrogen) atoms. The second kappa shape index (κ2) is 4.74. The normalized spacial score (nSPS) is 18.2. The van der Waals surface area contributed by atoms with Gasteiger partial charge in [0.1, 0.15) is 0 Å². The molecule has 74 valence electrons. The minimum Gasteiger partial charge on any atom is -0.391 e. The molecule has 0 radical (unpaired) electrons. The summed E-state index contributed by atoms with van der Waals surface area (Å²) in [4.78, 5) is 1.26. The van der Waals surface area contributed by atoms with Gasteiger partial charge in [-0.15, -0.1) is 11.3 Å². The van der Waals surface area contributed by atoms with Gasteiger partial charge in [-0.3, -0.25) is 0 Å². The van der Waals surface area contributed by atoms with Gasteiger partial charge in [0.05, 0.1) is 12.2 Å². The smallest absolute Gasteiger partial charge is 0.0802 e. The summed E-state index contributed by atoms with van der Waals surface area (Å²) in [6, 6.07) is 4.06. The fourth-order valence-corrected chi connectivity index (χ4v) is 2.05. The molecule has 2 nitrogen and oxygen atoms in total. The van der Waals surface area contributed by atoms with Crippen molar-refractivity contribution in [3.63, 3.8) is 0 Å². The van der Waals surface area contributed by atoms with Crippen molar-refractivity contribution in [1.82, 2.24) is 0 Å². The quantitative estimate of drug-likeness (QED) is 0.780. The maximum Gasteiger partial charge on any atom is 0.0802 e.